The summed E-state index contributed by atoms with van der Waals surface area (Å²) in [5.41, 5.74) is 0. The van der Waals surface area contributed by atoms with E-state index in [4.69, 9.17) is 0 Å². The molecule has 1 rings (SSSR count). The van der Waals surface area contributed by atoms with Gasteiger partial charge in [0.1, 0.15) is 5.75 Å². The molecule has 1 aliphatic rings. The summed E-state index contributed by atoms with van der Waals surface area (Å²) in [6.07, 6.45) is 3.23. The van der Waals surface area contributed by atoms with Gasteiger partial charge in [-0.3, -0.25) is 0 Å². The Bertz CT molecular complexity index is 71.2. The molecule has 0 bridgehead atoms. The third-order valence-electron chi connectivity index (χ3n) is 0.488. The van der Waals surface area contributed by atoms with Gasteiger partial charge in [0.05, 0.1) is 0 Å². The number of hydrogen-bond donors (Lipinski definition) is 0. The second-order valence-electron chi connectivity index (χ2n) is 0.917. The summed E-state index contributed by atoms with van der Waals surface area (Å²) >= 11 is 1.18. The summed E-state index contributed by atoms with van der Waals surface area (Å²) in [6, 6.07) is 0. The van der Waals surface area contributed by atoms with Gasteiger partial charge < -0.3 is 9.22 Å². The summed E-state index contributed by atoms with van der Waals surface area (Å²) in [5, 5.41) is 9.95. The van der Waals surface area contributed by atoms with Crippen LogP contribution in [0.5, 0.6) is 0 Å². The van der Waals surface area contributed by atoms with E-state index >= 15 is 0 Å². The molecule has 0 spiro atoms. The Labute approximate surface area is 40.3 Å². The molecule has 0 aromatic heterocycles. The molecule has 0 aliphatic carbocycles. The highest BCUT2D eigenvalue weighted by molar-refractivity contribution is 7.95. The van der Waals surface area contributed by atoms with Gasteiger partial charge in [0.15, 0.2) is 0 Å². The molecule has 0 aromatic carbocycles. The van der Waals surface area contributed by atoms with Crippen molar-refractivity contribution in [3.05, 3.63) is 12.3 Å². The summed E-state index contributed by atoms with van der Waals surface area (Å²) in [7, 11) is 0. The van der Waals surface area contributed by atoms with Crippen LogP contribution in [-0.4, -0.2) is 5.75 Å². The molecule has 0 saturated carbocycles. The van der Waals surface area contributed by atoms with E-state index in [-0.39, 0.29) is 0 Å². The van der Waals surface area contributed by atoms with E-state index in [0.29, 0.717) is 0 Å². The quantitative estimate of drug-likeness (QED) is 0.245. The Morgan fingerprint density at radius 2 is 2.67 bits per heavy atom. The molecule has 0 N–H and O–H groups in total. The minimum atomic E-state index is 0.800. The van der Waals surface area contributed by atoms with Gasteiger partial charge in [0, 0.05) is 6.08 Å². The molecule has 0 radical (unpaired) electrons. The predicted molar refractivity (Wildman–Crippen MR) is 22.7 cm³/mol. The molecule has 1 heterocycles. The highest BCUT2D eigenvalue weighted by Crippen LogP contribution is 2.15. The SMILES string of the molecule is [O-][O+]1C=CCS1. The molecule has 0 unspecified atom stereocenters. The lowest BCUT2D eigenvalue weighted by Gasteiger charge is -2.08. The Hall–Kier alpha value is -0.150. The van der Waals surface area contributed by atoms with E-state index in [9.17, 15) is 5.26 Å². The van der Waals surface area contributed by atoms with Crippen LogP contribution in [0.4, 0.5) is 0 Å². The monoisotopic (exact) mass is 104 g/mol. The van der Waals surface area contributed by atoms with E-state index in [0.717, 1.165) is 5.75 Å². The first-order valence-corrected chi connectivity index (χ1v) is 2.51. The average molecular weight is 104 g/mol. The third-order valence-corrected chi connectivity index (χ3v) is 1.16. The molecular weight excluding hydrogens is 100 g/mol. The Kier molecular flexibility index (Phi) is 1.03. The molecule has 0 fully saturated rings. The van der Waals surface area contributed by atoms with Crippen LogP contribution in [0.1, 0.15) is 0 Å². The van der Waals surface area contributed by atoms with Crippen molar-refractivity contribution in [3.63, 3.8) is 0 Å². The maximum Gasteiger partial charge on any atom is 0.253 e. The molecule has 0 amide bonds. The molecule has 6 heavy (non-hydrogen) atoms. The zero-order valence-electron chi connectivity index (χ0n) is 3.09. The summed E-state index contributed by atoms with van der Waals surface area (Å²) in [6.45, 7) is 0. The zero-order valence-corrected chi connectivity index (χ0v) is 3.90. The second-order valence-corrected chi connectivity index (χ2v) is 1.81. The topological polar surface area (TPSA) is 25.8 Å². The van der Waals surface area contributed by atoms with Gasteiger partial charge >= 0.3 is 0 Å². The molecule has 0 saturated heterocycles. The van der Waals surface area contributed by atoms with E-state index in [1.165, 1.54) is 22.3 Å². The lowest BCUT2D eigenvalue weighted by molar-refractivity contribution is -0.703. The maximum absolute atomic E-state index is 9.95. The summed E-state index contributed by atoms with van der Waals surface area (Å²) in [4.78, 5) is 0. The molecule has 1 aliphatic heterocycles. The Balaban J connectivity index is 2.38. The largest absolute Gasteiger partial charge is 0.497 e. The van der Waals surface area contributed by atoms with Gasteiger partial charge in [-0.2, -0.15) is 0 Å². The normalized spacial score (nSPS) is 19.8. The smallest absolute Gasteiger partial charge is 0.253 e. The van der Waals surface area contributed by atoms with E-state index in [2.05, 4.69) is 0 Å². The number of hydrogen-bond acceptors (Lipinski definition) is 2. The fourth-order valence-corrected chi connectivity index (χ4v) is 0.712. The fourth-order valence-electron chi connectivity index (χ4n) is 0.263. The molecule has 3 heteroatoms. The van der Waals surface area contributed by atoms with Gasteiger partial charge in [-0.25, -0.2) is 0 Å². The number of rotatable bonds is 0. The van der Waals surface area contributed by atoms with Crippen molar-refractivity contribution in [1.29, 1.82) is 0 Å². The highest BCUT2D eigenvalue weighted by atomic mass is 32.2. The molecule has 2 nitrogen and oxygen atoms in total. The van der Waals surface area contributed by atoms with Gasteiger partial charge in [0.25, 0.3) is 12.0 Å². The lowest BCUT2D eigenvalue weighted by atomic mass is 10.7. The summed E-state index contributed by atoms with van der Waals surface area (Å²) in [5.74, 6) is 0.800. The average Bonchev–Trinajstić information content (AvgIpc) is 1.86. The van der Waals surface area contributed by atoms with Gasteiger partial charge in [-0.1, -0.05) is 0 Å². The van der Waals surface area contributed by atoms with Gasteiger partial charge in [-0.15, -0.1) is 0 Å². The maximum atomic E-state index is 9.95. The van der Waals surface area contributed by atoms with Crippen molar-refractivity contribution in [3.8, 4) is 0 Å². The van der Waals surface area contributed by atoms with Crippen molar-refractivity contribution in [2.75, 3.05) is 5.75 Å². The van der Waals surface area contributed by atoms with Crippen LogP contribution >= 0.6 is 12.0 Å². The molecule has 34 valence electrons. The van der Waals surface area contributed by atoms with Crippen LogP contribution in [0, 0.1) is 0 Å². The van der Waals surface area contributed by atoms with Crippen LogP contribution in [0.15, 0.2) is 12.3 Å². The van der Waals surface area contributed by atoms with Crippen LogP contribution in [0.3, 0.4) is 0 Å². The zero-order chi connectivity index (χ0) is 4.41. The van der Waals surface area contributed by atoms with E-state index < -0.39 is 0 Å². The lowest BCUT2D eigenvalue weighted by Crippen LogP contribution is -2.09. The van der Waals surface area contributed by atoms with Crippen molar-refractivity contribution in [2.24, 2.45) is 0 Å². The highest BCUT2D eigenvalue weighted by Gasteiger charge is 2.01. The van der Waals surface area contributed by atoms with Crippen molar-refractivity contribution >= 4 is 12.0 Å². The summed E-state index contributed by atoms with van der Waals surface area (Å²) < 4.78 is 1.50. The standard InChI is InChI=1S/C3H4O2S/c4-5-2-1-3-6-5/h1-2H,3H2. The van der Waals surface area contributed by atoms with Crippen LogP contribution in [0.25, 0.3) is 0 Å². The van der Waals surface area contributed by atoms with E-state index in [1.54, 1.807) is 6.08 Å². The first-order chi connectivity index (χ1) is 2.89. The molecular formula is C3H4O2S. The first-order valence-electron chi connectivity index (χ1n) is 1.60. The van der Waals surface area contributed by atoms with E-state index in [1.807, 2.05) is 0 Å². The minimum absolute atomic E-state index is 0.800. The van der Waals surface area contributed by atoms with Crippen molar-refractivity contribution in [2.45, 2.75) is 0 Å². The minimum Gasteiger partial charge on any atom is -0.497 e. The Morgan fingerprint density at radius 3 is 2.83 bits per heavy atom. The third kappa shape index (κ3) is 0.666. The molecule has 0 aromatic rings. The van der Waals surface area contributed by atoms with Crippen LogP contribution in [0.2, 0.25) is 0 Å². The van der Waals surface area contributed by atoms with Gasteiger partial charge in [-0.05, 0) is 0 Å². The van der Waals surface area contributed by atoms with Crippen molar-refractivity contribution in [1.82, 2.24) is 0 Å². The molecule has 0 atom stereocenters. The first kappa shape index (κ1) is 4.02. The Morgan fingerprint density at radius 1 is 1.83 bits per heavy atom. The second kappa shape index (κ2) is 1.53. The van der Waals surface area contributed by atoms with Crippen LogP contribution < -0.4 is 5.26 Å². The fraction of sp³-hybridized carbons (Fsp3) is 0.333. The van der Waals surface area contributed by atoms with Gasteiger partial charge in [0.2, 0.25) is 6.26 Å². The van der Waals surface area contributed by atoms with Crippen LogP contribution in [-0.2, 0) is 3.96 Å². The van der Waals surface area contributed by atoms with Crippen molar-refractivity contribution < 1.29 is 9.22 Å². The predicted octanol–water partition coefficient (Wildman–Crippen LogP) is -0.0105.